The zero-order chi connectivity index (χ0) is 14.0. The molecule has 5 heteroatoms. The smallest absolute Gasteiger partial charge is 0.154 e. The zero-order valence-electron chi connectivity index (χ0n) is 12.4. The molecule has 2 saturated heterocycles. The van der Waals surface area contributed by atoms with Gasteiger partial charge in [0, 0.05) is 18.6 Å². The Kier molecular flexibility index (Phi) is 4.90. The van der Waals surface area contributed by atoms with E-state index in [1.807, 2.05) is 0 Å². The SMILES string of the molecule is CCNC1CCN(CC2CCCS2(=O)=O)C(C)C1C. The second kappa shape index (κ2) is 6.10. The monoisotopic (exact) mass is 288 g/mol. The van der Waals surface area contributed by atoms with Gasteiger partial charge in [0.25, 0.3) is 0 Å². The number of nitrogens with one attached hydrogen (secondary N) is 1. The molecule has 0 radical (unpaired) electrons. The molecule has 0 amide bonds. The summed E-state index contributed by atoms with van der Waals surface area (Å²) < 4.78 is 23.9. The summed E-state index contributed by atoms with van der Waals surface area (Å²) in [6.07, 6.45) is 2.84. The summed E-state index contributed by atoms with van der Waals surface area (Å²) in [5.74, 6) is 0.980. The highest BCUT2D eigenvalue weighted by Gasteiger charge is 2.37. The van der Waals surface area contributed by atoms with Crippen molar-refractivity contribution in [3.05, 3.63) is 0 Å². The van der Waals surface area contributed by atoms with Gasteiger partial charge in [-0.25, -0.2) is 8.42 Å². The number of hydrogen-bond acceptors (Lipinski definition) is 4. The number of hydrogen-bond donors (Lipinski definition) is 1. The summed E-state index contributed by atoms with van der Waals surface area (Å²) in [7, 11) is -2.81. The molecular weight excluding hydrogens is 260 g/mol. The molecule has 0 aromatic carbocycles. The minimum atomic E-state index is -2.81. The third-order valence-corrected chi connectivity index (χ3v) is 7.32. The van der Waals surface area contributed by atoms with Crippen molar-refractivity contribution in [1.82, 2.24) is 10.2 Å². The van der Waals surface area contributed by atoms with E-state index in [0.717, 1.165) is 38.9 Å². The molecule has 2 aliphatic rings. The largest absolute Gasteiger partial charge is 0.314 e. The van der Waals surface area contributed by atoms with Crippen LogP contribution in [0.1, 0.15) is 40.0 Å². The zero-order valence-corrected chi connectivity index (χ0v) is 13.2. The summed E-state index contributed by atoms with van der Waals surface area (Å²) in [5.41, 5.74) is 0. The van der Waals surface area contributed by atoms with Crippen LogP contribution < -0.4 is 5.32 Å². The summed E-state index contributed by atoms with van der Waals surface area (Å²) in [6, 6.07) is 1.05. The van der Waals surface area contributed by atoms with Gasteiger partial charge in [-0.3, -0.25) is 4.90 Å². The molecule has 0 aliphatic carbocycles. The van der Waals surface area contributed by atoms with Crippen LogP contribution in [0.15, 0.2) is 0 Å². The summed E-state index contributed by atoms with van der Waals surface area (Å²) in [4.78, 5) is 2.39. The number of likely N-dealkylation sites (tertiary alicyclic amines) is 1. The number of rotatable bonds is 4. The molecule has 2 aliphatic heterocycles. The Hall–Kier alpha value is -0.130. The molecule has 2 heterocycles. The van der Waals surface area contributed by atoms with Crippen LogP contribution in [0.4, 0.5) is 0 Å². The van der Waals surface area contributed by atoms with Gasteiger partial charge in [0.2, 0.25) is 0 Å². The van der Waals surface area contributed by atoms with Gasteiger partial charge in [0.15, 0.2) is 9.84 Å². The number of piperidine rings is 1. The molecular formula is C14H28N2O2S. The normalized spacial score (nSPS) is 39.5. The number of nitrogens with zero attached hydrogens (tertiary/aromatic N) is 1. The van der Waals surface area contributed by atoms with Gasteiger partial charge in [-0.1, -0.05) is 13.8 Å². The molecule has 4 nitrogen and oxygen atoms in total. The van der Waals surface area contributed by atoms with E-state index in [4.69, 9.17) is 0 Å². The molecule has 0 aromatic rings. The van der Waals surface area contributed by atoms with E-state index in [1.165, 1.54) is 0 Å². The van der Waals surface area contributed by atoms with E-state index in [9.17, 15) is 8.42 Å². The Bertz CT molecular complexity index is 396. The van der Waals surface area contributed by atoms with E-state index < -0.39 is 9.84 Å². The first-order valence-corrected chi connectivity index (χ1v) is 9.36. The molecule has 1 N–H and O–H groups in total. The lowest BCUT2D eigenvalue weighted by Gasteiger charge is -2.43. The minimum Gasteiger partial charge on any atom is -0.314 e. The molecule has 0 aromatic heterocycles. The van der Waals surface area contributed by atoms with Crippen molar-refractivity contribution in [2.24, 2.45) is 5.92 Å². The van der Waals surface area contributed by atoms with Gasteiger partial charge < -0.3 is 5.32 Å². The molecule has 2 rings (SSSR count). The maximum atomic E-state index is 12.0. The van der Waals surface area contributed by atoms with Gasteiger partial charge in [-0.05, 0) is 45.2 Å². The van der Waals surface area contributed by atoms with Crippen molar-refractivity contribution in [2.75, 3.05) is 25.4 Å². The van der Waals surface area contributed by atoms with Crippen molar-refractivity contribution in [2.45, 2.75) is 57.4 Å². The fraction of sp³-hybridized carbons (Fsp3) is 1.00. The maximum absolute atomic E-state index is 12.0. The molecule has 0 spiro atoms. The average molecular weight is 288 g/mol. The second-order valence-corrected chi connectivity index (χ2v) is 8.58. The van der Waals surface area contributed by atoms with Crippen molar-refractivity contribution in [3.8, 4) is 0 Å². The average Bonchev–Trinajstić information content (AvgIpc) is 2.68. The van der Waals surface area contributed by atoms with Crippen molar-refractivity contribution in [1.29, 1.82) is 0 Å². The molecule has 112 valence electrons. The third-order valence-electron chi connectivity index (χ3n) is 5.07. The highest BCUT2D eigenvalue weighted by Crippen LogP contribution is 2.27. The lowest BCUT2D eigenvalue weighted by molar-refractivity contribution is 0.0853. The lowest BCUT2D eigenvalue weighted by Crippen LogP contribution is -2.55. The highest BCUT2D eigenvalue weighted by atomic mass is 32.2. The Morgan fingerprint density at radius 1 is 1.26 bits per heavy atom. The van der Waals surface area contributed by atoms with Crippen LogP contribution >= 0.6 is 0 Å². The molecule has 0 bridgehead atoms. The number of sulfone groups is 1. The second-order valence-electron chi connectivity index (χ2n) is 6.18. The van der Waals surface area contributed by atoms with Gasteiger partial charge >= 0.3 is 0 Å². The molecule has 4 unspecified atom stereocenters. The summed E-state index contributed by atoms with van der Waals surface area (Å²) in [6.45, 7) is 9.46. The Morgan fingerprint density at radius 2 is 2.00 bits per heavy atom. The first kappa shape index (κ1) is 15.3. The minimum absolute atomic E-state index is 0.113. The molecule has 19 heavy (non-hydrogen) atoms. The fourth-order valence-corrected chi connectivity index (χ4v) is 5.42. The highest BCUT2D eigenvalue weighted by molar-refractivity contribution is 7.92. The standard InChI is InChI=1S/C14H28N2O2S/c1-4-15-14-7-8-16(12(3)11(14)2)10-13-6-5-9-19(13,17)18/h11-15H,4-10H2,1-3H3. The molecule has 0 saturated carbocycles. The quantitative estimate of drug-likeness (QED) is 0.846. The van der Waals surface area contributed by atoms with E-state index in [2.05, 4.69) is 31.0 Å². The van der Waals surface area contributed by atoms with Gasteiger partial charge in [0.05, 0.1) is 11.0 Å². The summed E-state index contributed by atoms with van der Waals surface area (Å²) >= 11 is 0. The predicted molar refractivity (Wildman–Crippen MR) is 79.1 cm³/mol. The van der Waals surface area contributed by atoms with Crippen molar-refractivity contribution >= 4 is 9.84 Å². The fourth-order valence-electron chi connectivity index (χ4n) is 3.57. The van der Waals surface area contributed by atoms with Crippen LogP contribution in [0.2, 0.25) is 0 Å². The summed E-state index contributed by atoms with van der Waals surface area (Å²) in [5, 5.41) is 3.44. The Labute approximate surface area is 117 Å². The van der Waals surface area contributed by atoms with Crippen LogP contribution in [-0.2, 0) is 9.84 Å². The van der Waals surface area contributed by atoms with Gasteiger partial charge in [-0.15, -0.1) is 0 Å². The molecule has 4 atom stereocenters. The van der Waals surface area contributed by atoms with Gasteiger partial charge in [0.1, 0.15) is 0 Å². The molecule has 2 fully saturated rings. The van der Waals surface area contributed by atoms with Crippen LogP contribution in [0.5, 0.6) is 0 Å². The van der Waals surface area contributed by atoms with Crippen molar-refractivity contribution in [3.63, 3.8) is 0 Å². The van der Waals surface area contributed by atoms with Crippen LogP contribution in [-0.4, -0.2) is 56.0 Å². The van der Waals surface area contributed by atoms with E-state index in [-0.39, 0.29) is 5.25 Å². The topological polar surface area (TPSA) is 49.4 Å². The maximum Gasteiger partial charge on any atom is 0.154 e. The predicted octanol–water partition coefficient (Wildman–Crippen LogP) is 1.27. The first-order valence-electron chi connectivity index (χ1n) is 7.64. The van der Waals surface area contributed by atoms with Gasteiger partial charge in [-0.2, -0.15) is 0 Å². The van der Waals surface area contributed by atoms with Crippen LogP contribution in [0.25, 0.3) is 0 Å². The van der Waals surface area contributed by atoms with E-state index in [1.54, 1.807) is 0 Å². The Balaban J connectivity index is 1.96. The van der Waals surface area contributed by atoms with E-state index in [0.29, 0.717) is 23.8 Å². The van der Waals surface area contributed by atoms with Crippen LogP contribution in [0.3, 0.4) is 0 Å². The Morgan fingerprint density at radius 3 is 2.58 bits per heavy atom. The van der Waals surface area contributed by atoms with E-state index >= 15 is 0 Å². The third kappa shape index (κ3) is 3.31. The lowest BCUT2D eigenvalue weighted by atomic mass is 9.87. The van der Waals surface area contributed by atoms with Crippen molar-refractivity contribution < 1.29 is 8.42 Å². The van der Waals surface area contributed by atoms with Crippen LogP contribution in [0, 0.1) is 5.92 Å². The first-order chi connectivity index (χ1) is 8.95.